The van der Waals surface area contributed by atoms with E-state index in [1.807, 2.05) is 0 Å². The van der Waals surface area contributed by atoms with Gasteiger partial charge in [0.05, 0.1) is 6.10 Å². The van der Waals surface area contributed by atoms with E-state index < -0.39 is 0 Å². The van der Waals surface area contributed by atoms with Gasteiger partial charge in [-0.15, -0.1) is 0 Å². The average Bonchev–Trinajstić information content (AvgIpc) is 3.05. The Balaban J connectivity index is 1.51. The van der Waals surface area contributed by atoms with Gasteiger partial charge in [0.2, 0.25) is 5.91 Å². The Morgan fingerprint density at radius 3 is 2.79 bits per heavy atom. The maximum absolute atomic E-state index is 12.8. The van der Waals surface area contributed by atoms with Gasteiger partial charge in [-0.1, -0.05) is 32.4 Å². The Bertz CT molecular complexity index is 661. The van der Waals surface area contributed by atoms with Crippen LogP contribution >= 0.6 is 0 Å². The monoisotopic (exact) mass is 402 g/mol. The van der Waals surface area contributed by atoms with Crippen LogP contribution in [0.25, 0.3) is 0 Å². The molecule has 4 aliphatic carbocycles. The van der Waals surface area contributed by atoms with Crippen LogP contribution in [-0.4, -0.2) is 30.2 Å². The topological polar surface area (TPSA) is 75.4 Å². The van der Waals surface area contributed by atoms with E-state index in [9.17, 15) is 9.90 Å². The summed E-state index contributed by atoms with van der Waals surface area (Å²) in [6.45, 7) is 8.48. The fraction of sp³-hybridized carbons (Fsp3) is 0.880. The number of aliphatic hydroxyl groups excluding tert-OH is 1. The molecule has 8 atom stereocenters. The second kappa shape index (κ2) is 8.00. The summed E-state index contributed by atoms with van der Waals surface area (Å²) >= 11 is 0. The number of allylic oxidation sites excluding steroid dienone is 1. The van der Waals surface area contributed by atoms with Crippen molar-refractivity contribution in [3.63, 3.8) is 0 Å². The summed E-state index contributed by atoms with van der Waals surface area (Å²) in [4.78, 5) is 12.8. The van der Waals surface area contributed by atoms with E-state index in [2.05, 4.69) is 32.2 Å². The Hall–Kier alpha value is -0.870. The van der Waals surface area contributed by atoms with Crippen LogP contribution in [0.15, 0.2) is 11.6 Å². The molecule has 0 aromatic rings. The zero-order valence-electron chi connectivity index (χ0n) is 18.8. The van der Waals surface area contributed by atoms with Gasteiger partial charge < -0.3 is 16.2 Å². The van der Waals surface area contributed by atoms with Crippen molar-refractivity contribution >= 4 is 5.91 Å². The molecule has 0 aliphatic heterocycles. The highest BCUT2D eigenvalue weighted by molar-refractivity contribution is 5.78. The number of aliphatic hydroxyl groups is 1. The van der Waals surface area contributed by atoms with Crippen LogP contribution in [0, 0.1) is 40.4 Å². The lowest BCUT2D eigenvalue weighted by molar-refractivity contribution is -0.129. The van der Waals surface area contributed by atoms with Crippen LogP contribution in [0.2, 0.25) is 0 Å². The molecule has 0 spiro atoms. The molecule has 4 nitrogen and oxygen atoms in total. The molecule has 164 valence electrons. The van der Waals surface area contributed by atoms with Crippen LogP contribution in [0.5, 0.6) is 0 Å². The van der Waals surface area contributed by atoms with Crippen molar-refractivity contribution in [3.05, 3.63) is 11.6 Å². The van der Waals surface area contributed by atoms with Gasteiger partial charge in [-0.2, -0.15) is 0 Å². The van der Waals surface area contributed by atoms with E-state index in [1.54, 1.807) is 5.57 Å². The zero-order chi connectivity index (χ0) is 20.8. The Labute approximate surface area is 177 Å². The van der Waals surface area contributed by atoms with Crippen LogP contribution in [-0.2, 0) is 4.79 Å². The van der Waals surface area contributed by atoms with Gasteiger partial charge in [-0.3, -0.25) is 4.79 Å². The summed E-state index contributed by atoms with van der Waals surface area (Å²) in [5, 5.41) is 13.3. The highest BCUT2D eigenvalue weighted by Crippen LogP contribution is 2.67. The SMILES string of the molecule is CC(C(=O)NCCCN)C1CCC2C3CC=C4C[C@@H](O)CC[C@]4(C)C3CC[C@]12C. The molecule has 0 radical (unpaired) electrons. The van der Waals surface area contributed by atoms with Gasteiger partial charge in [-0.25, -0.2) is 0 Å². The molecule has 4 N–H and O–H groups in total. The molecule has 0 saturated heterocycles. The van der Waals surface area contributed by atoms with E-state index in [1.165, 1.54) is 32.1 Å². The third kappa shape index (κ3) is 3.48. The van der Waals surface area contributed by atoms with Crippen LogP contribution in [0.1, 0.15) is 78.6 Å². The minimum absolute atomic E-state index is 0.0921. The van der Waals surface area contributed by atoms with E-state index in [4.69, 9.17) is 5.73 Å². The first-order valence-corrected chi connectivity index (χ1v) is 12.2. The normalized spacial score (nSPS) is 44.9. The molecule has 0 bridgehead atoms. The Morgan fingerprint density at radius 2 is 2.03 bits per heavy atom. The number of fused-ring (bicyclic) bond motifs is 5. The first kappa shape index (κ1) is 21.4. The van der Waals surface area contributed by atoms with Crippen molar-refractivity contribution in [2.24, 2.45) is 46.2 Å². The Kier molecular flexibility index (Phi) is 5.89. The summed E-state index contributed by atoms with van der Waals surface area (Å²) in [6, 6.07) is 0. The maximum atomic E-state index is 12.8. The third-order valence-corrected chi connectivity index (χ3v) is 9.85. The summed E-state index contributed by atoms with van der Waals surface area (Å²) in [6.07, 6.45) is 12.4. The predicted molar refractivity (Wildman–Crippen MR) is 117 cm³/mol. The molecule has 4 aliphatic rings. The van der Waals surface area contributed by atoms with Crippen molar-refractivity contribution in [3.8, 4) is 0 Å². The average molecular weight is 403 g/mol. The lowest BCUT2D eigenvalue weighted by Gasteiger charge is -2.58. The number of carbonyl (C=O) groups is 1. The van der Waals surface area contributed by atoms with Crippen molar-refractivity contribution in [2.75, 3.05) is 13.1 Å². The summed E-state index contributed by atoms with van der Waals surface area (Å²) < 4.78 is 0. The van der Waals surface area contributed by atoms with Crippen molar-refractivity contribution < 1.29 is 9.90 Å². The van der Waals surface area contributed by atoms with Crippen molar-refractivity contribution in [1.29, 1.82) is 0 Å². The lowest BCUT2D eigenvalue weighted by atomic mass is 9.47. The first-order valence-electron chi connectivity index (χ1n) is 12.2. The highest BCUT2D eigenvalue weighted by Gasteiger charge is 2.59. The molecule has 3 saturated carbocycles. The van der Waals surface area contributed by atoms with Crippen LogP contribution < -0.4 is 11.1 Å². The summed E-state index contributed by atoms with van der Waals surface area (Å²) in [5.74, 6) is 3.08. The molecule has 29 heavy (non-hydrogen) atoms. The second-order valence-corrected chi connectivity index (χ2v) is 11.1. The minimum Gasteiger partial charge on any atom is -0.393 e. The van der Waals surface area contributed by atoms with E-state index in [0.29, 0.717) is 29.8 Å². The number of nitrogens with two attached hydrogens (primary N) is 1. The second-order valence-electron chi connectivity index (χ2n) is 11.1. The molecular formula is C25H42N2O2. The summed E-state index contributed by atoms with van der Waals surface area (Å²) in [5.41, 5.74) is 7.72. The third-order valence-electron chi connectivity index (χ3n) is 9.85. The molecule has 5 unspecified atom stereocenters. The van der Waals surface area contributed by atoms with Crippen LogP contribution in [0.3, 0.4) is 0 Å². The molecule has 0 aromatic carbocycles. The van der Waals surface area contributed by atoms with Gasteiger partial charge in [-0.05, 0) is 98.8 Å². The van der Waals surface area contributed by atoms with Gasteiger partial charge in [0, 0.05) is 12.5 Å². The van der Waals surface area contributed by atoms with E-state index >= 15 is 0 Å². The Morgan fingerprint density at radius 1 is 1.24 bits per heavy atom. The smallest absolute Gasteiger partial charge is 0.223 e. The maximum Gasteiger partial charge on any atom is 0.223 e. The van der Waals surface area contributed by atoms with Crippen molar-refractivity contribution in [1.82, 2.24) is 5.32 Å². The first-order chi connectivity index (χ1) is 13.8. The molecular weight excluding hydrogens is 360 g/mol. The lowest BCUT2D eigenvalue weighted by Crippen LogP contribution is -2.51. The zero-order valence-corrected chi connectivity index (χ0v) is 18.8. The van der Waals surface area contributed by atoms with Gasteiger partial charge in [0.1, 0.15) is 0 Å². The van der Waals surface area contributed by atoms with E-state index in [-0.39, 0.29) is 17.9 Å². The number of hydrogen-bond acceptors (Lipinski definition) is 3. The number of rotatable bonds is 5. The molecule has 3 fully saturated rings. The van der Waals surface area contributed by atoms with Crippen LogP contribution in [0.4, 0.5) is 0 Å². The molecule has 1 amide bonds. The number of hydrogen-bond donors (Lipinski definition) is 3. The number of amides is 1. The summed E-state index contributed by atoms with van der Waals surface area (Å²) in [7, 11) is 0. The standard InChI is InChI=1S/C25H42N2O2/c1-16(23(29)27-14-4-13-26)20-7-8-21-19-6-5-17-15-18(28)9-11-24(17,2)22(19)10-12-25(20,21)3/h5,16,18-22,28H,4,6-15,26H2,1-3H3,(H,27,29)/t16?,18-,19?,20?,21?,22?,24-,25+/m0/s1. The molecule has 0 aromatic heterocycles. The fourth-order valence-corrected chi connectivity index (χ4v) is 8.16. The van der Waals surface area contributed by atoms with E-state index in [0.717, 1.165) is 43.4 Å². The fourth-order valence-electron chi connectivity index (χ4n) is 8.16. The number of nitrogens with one attached hydrogen (secondary N) is 1. The predicted octanol–water partition coefficient (Wildman–Crippen LogP) is 4.03. The molecule has 4 rings (SSSR count). The highest BCUT2D eigenvalue weighted by atomic mass is 16.3. The van der Waals surface area contributed by atoms with Gasteiger partial charge in [0.25, 0.3) is 0 Å². The van der Waals surface area contributed by atoms with Gasteiger partial charge >= 0.3 is 0 Å². The molecule has 4 heteroatoms. The number of carbonyl (C=O) groups excluding carboxylic acids is 1. The molecule has 0 heterocycles. The van der Waals surface area contributed by atoms with Crippen molar-refractivity contribution in [2.45, 2.75) is 84.7 Å². The largest absolute Gasteiger partial charge is 0.393 e. The minimum atomic E-state index is -0.130. The quantitative estimate of drug-likeness (QED) is 0.480. The van der Waals surface area contributed by atoms with Gasteiger partial charge in [0.15, 0.2) is 0 Å².